The Morgan fingerprint density at radius 2 is 1.88 bits per heavy atom. The summed E-state index contributed by atoms with van der Waals surface area (Å²) in [5.74, 6) is -0.208. The van der Waals surface area contributed by atoms with Crippen LogP contribution in [-0.2, 0) is 0 Å². The molecule has 6 nitrogen and oxygen atoms in total. The molecule has 6 heteroatoms. The molecule has 1 aliphatic heterocycles. The van der Waals surface area contributed by atoms with Crippen LogP contribution in [0.2, 0.25) is 0 Å². The van der Waals surface area contributed by atoms with E-state index < -0.39 is 11.0 Å². The first-order chi connectivity index (χ1) is 7.58. The van der Waals surface area contributed by atoms with Gasteiger partial charge in [0.15, 0.2) is 0 Å². The number of aliphatic hydroxyl groups excluding tert-OH is 1. The number of hydrogen-bond acceptors (Lipinski definition) is 4. The van der Waals surface area contributed by atoms with Gasteiger partial charge in [0.05, 0.1) is 11.0 Å². The fourth-order valence-corrected chi connectivity index (χ4v) is 1.53. The molecule has 0 aliphatic carbocycles. The highest BCUT2D eigenvalue weighted by atomic mass is 16.6. The molecule has 92 valence electrons. The first kappa shape index (κ1) is 13.1. The molecular weight excluding hydrogens is 224 g/mol. The molecule has 1 amide bonds. The minimum atomic E-state index is -0.512. The predicted octanol–water partition coefficient (Wildman–Crippen LogP) is 1.05. The number of β-amino-alcohol motifs (C(OH)–C–C–N with tert-alkyl or cyclic N) is 1. The Morgan fingerprint density at radius 1 is 1.35 bits per heavy atom. The number of rotatable bonds is 2. The van der Waals surface area contributed by atoms with E-state index in [9.17, 15) is 14.9 Å². The highest BCUT2D eigenvalue weighted by Crippen LogP contribution is 2.16. The number of nitro benzene ring substituents is 1. The molecule has 1 aromatic carbocycles. The largest absolute Gasteiger partial charge is 0.389 e. The predicted molar refractivity (Wildman–Crippen MR) is 61.7 cm³/mol. The smallest absolute Gasteiger partial charge is 0.269 e. The van der Waals surface area contributed by atoms with Gasteiger partial charge in [-0.3, -0.25) is 14.9 Å². The fraction of sp³-hybridized carbons (Fsp3) is 0.364. The summed E-state index contributed by atoms with van der Waals surface area (Å²) in [5.41, 5.74) is 0.359. The van der Waals surface area contributed by atoms with E-state index in [1.54, 1.807) is 0 Å². The van der Waals surface area contributed by atoms with E-state index in [2.05, 4.69) is 0 Å². The van der Waals surface area contributed by atoms with Gasteiger partial charge in [0.25, 0.3) is 11.6 Å². The van der Waals surface area contributed by atoms with Crippen molar-refractivity contribution >= 4 is 11.6 Å². The molecule has 0 unspecified atom stereocenters. The number of hydrogen-bond donors (Lipinski definition) is 1. The third kappa shape index (κ3) is 2.59. The van der Waals surface area contributed by atoms with Crippen LogP contribution in [-0.4, -0.2) is 40.0 Å². The Kier molecular flexibility index (Phi) is 3.80. The van der Waals surface area contributed by atoms with Gasteiger partial charge in [-0.25, -0.2) is 0 Å². The van der Waals surface area contributed by atoms with E-state index >= 15 is 0 Å². The molecule has 1 saturated heterocycles. The van der Waals surface area contributed by atoms with Crippen molar-refractivity contribution in [1.29, 1.82) is 0 Å². The summed E-state index contributed by atoms with van der Waals surface area (Å²) in [6.45, 7) is 0.658. The van der Waals surface area contributed by atoms with Crippen molar-refractivity contribution in [1.82, 2.24) is 4.90 Å². The second-order valence-electron chi connectivity index (χ2n) is 3.67. The maximum atomic E-state index is 11.7. The van der Waals surface area contributed by atoms with Gasteiger partial charge in [-0.2, -0.15) is 0 Å². The molecule has 1 aromatic rings. The number of aliphatic hydroxyl groups is 1. The van der Waals surface area contributed by atoms with Gasteiger partial charge in [-0.05, 0) is 12.1 Å². The zero-order chi connectivity index (χ0) is 11.7. The third-order valence-electron chi connectivity index (χ3n) is 2.47. The van der Waals surface area contributed by atoms with E-state index in [1.165, 1.54) is 29.2 Å². The third-order valence-corrected chi connectivity index (χ3v) is 2.47. The van der Waals surface area contributed by atoms with Crippen molar-refractivity contribution in [3.05, 3.63) is 39.9 Å². The molecule has 1 N–H and O–H groups in total. The van der Waals surface area contributed by atoms with E-state index in [-0.39, 0.29) is 19.0 Å². The van der Waals surface area contributed by atoms with E-state index in [1.807, 2.05) is 0 Å². The molecule has 1 aliphatic rings. The molecule has 2 rings (SSSR count). The van der Waals surface area contributed by atoms with Crippen molar-refractivity contribution < 1.29 is 14.8 Å². The molecule has 0 saturated carbocycles. The van der Waals surface area contributed by atoms with Crippen molar-refractivity contribution in [2.75, 3.05) is 13.1 Å². The number of carbonyl (C=O) groups is 1. The monoisotopic (exact) mass is 238 g/mol. The molecular formula is C11H14N2O4. The molecule has 0 bridgehead atoms. The Hall–Kier alpha value is -1.95. The molecule has 17 heavy (non-hydrogen) atoms. The summed E-state index contributed by atoms with van der Waals surface area (Å²) in [6.07, 6.45) is -0.443. The van der Waals surface area contributed by atoms with Crippen LogP contribution in [0.15, 0.2) is 24.3 Å². The van der Waals surface area contributed by atoms with Crippen LogP contribution in [0.1, 0.15) is 17.8 Å². The lowest BCUT2D eigenvalue weighted by molar-refractivity contribution is -0.384. The summed E-state index contributed by atoms with van der Waals surface area (Å²) >= 11 is 0. The van der Waals surface area contributed by atoms with Crippen molar-refractivity contribution in [3.63, 3.8) is 0 Å². The van der Waals surface area contributed by atoms with Gasteiger partial charge in [0.1, 0.15) is 0 Å². The Morgan fingerprint density at radius 3 is 2.29 bits per heavy atom. The lowest BCUT2D eigenvalue weighted by Gasteiger charge is -2.35. The molecule has 0 spiro atoms. The Labute approximate surface area is 98.6 Å². The van der Waals surface area contributed by atoms with E-state index in [0.29, 0.717) is 18.7 Å². The van der Waals surface area contributed by atoms with Crippen molar-refractivity contribution in [2.24, 2.45) is 0 Å². The SMILES string of the molecule is C.O=C(c1ccc([N+](=O)[O-])cc1)N1CC(O)C1. The summed E-state index contributed by atoms with van der Waals surface area (Å²) in [4.78, 5) is 23.1. The van der Waals surface area contributed by atoms with Gasteiger partial charge < -0.3 is 10.0 Å². The van der Waals surface area contributed by atoms with E-state index in [0.717, 1.165) is 0 Å². The number of carbonyl (C=O) groups excluding carboxylic acids is 1. The minimum absolute atomic E-state index is 0. The van der Waals surface area contributed by atoms with Gasteiger partial charge in [0.2, 0.25) is 0 Å². The van der Waals surface area contributed by atoms with Gasteiger partial charge in [-0.1, -0.05) is 7.43 Å². The van der Waals surface area contributed by atoms with Gasteiger partial charge in [0, 0.05) is 30.8 Å². The topological polar surface area (TPSA) is 83.7 Å². The molecule has 0 atom stereocenters. The summed E-state index contributed by atoms with van der Waals surface area (Å²) < 4.78 is 0. The maximum absolute atomic E-state index is 11.7. The summed E-state index contributed by atoms with van der Waals surface area (Å²) in [7, 11) is 0. The second kappa shape index (κ2) is 4.92. The summed E-state index contributed by atoms with van der Waals surface area (Å²) in [5, 5.41) is 19.5. The zero-order valence-electron chi connectivity index (χ0n) is 8.37. The normalized spacial score (nSPS) is 14.8. The van der Waals surface area contributed by atoms with Crippen LogP contribution < -0.4 is 0 Å². The Balaban J connectivity index is 0.00000144. The molecule has 0 aromatic heterocycles. The molecule has 1 fully saturated rings. The number of amides is 1. The summed E-state index contributed by atoms with van der Waals surface area (Å²) in [6, 6.07) is 5.43. The number of nitro groups is 1. The second-order valence-corrected chi connectivity index (χ2v) is 3.67. The lowest BCUT2D eigenvalue weighted by Crippen LogP contribution is -2.53. The van der Waals surface area contributed by atoms with Gasteiger partial charge >= 0.3 is 0 Å². The van der Waals surface area contributed by atoms with Crippen LogP contribution in [0.5, 0.6) is 0 Å². The van der Waals surface area contributed by atoms with E-state index in [4.69, 9.17) is 5.11 Å². The molecule has 0 radical (unpaired) electrons. The first-order valence-corrected chi connectivity index (χ1v) is 4.80. The minimum Gasteiger partial charge on any atom is -0.389 e. The van der Waals surface area contributed by atoms with Crippen LogP contribution in [0.25, 0.3) is 0 Å². The van der Waals surface area contributed by atoms with Crippen LogP contribution in [0.4, 0.5) is 5.69 Å². The number of likely N-dealkylation sites (tertiary alicyclic amines) is 1. The number of non-ortho nitro benzene ring substituents is 1. The quantitative estimate of drug-likeness (QED) is 0.616. The number of benzene rings is 1. The average Bonchev–Trinajstić information content (AvgIpc) is 2.24. The van der Waals surface area contributed by atoms with Crippen LogP contribution >= 0.6 is 0 Å². The first-order valence-electron chi connectivity index (χ1n) is 4.80. The Bertz CT molecular complexity index is 424. The fourth-order valence-electron chi connectivity index (χ4n) is 1.53. The lowest BCUT2D eigenvalue weighted by atomic mass is 10.1. The van der Waals surface area contributed by atoms with Crippen LogP contribution in [0.3, 0.4) is 0 Å². The van der Waals surface area contributed by atoms with Crippen molar-refractivity contribution in [2.45, 2.75) is 13.5 Å². The maximum Gasteiger partial charge on any atom is 0.269 e. The molecule has 1 heterocycles. The highest BCUT2D eigenvalue weighted by Gasteiger charge is 2.29. The van der Waals surface area contributed by atoms with Crippen molar-refractivity contribution in [3.8, 4) is 0 Å². The van der Waals surface area contributed by atoms with Crippen LogP contribution in [0, 0.1) is 10.1 Å². The van der Waals surface area contributed by atoms with Gasteiger partial charge in [-0.15, -0.1) is 0 Å². The number of nitrogens with zero attached hydrogens (tertiary/aromatic N) is 2. The highest BCUT2D eigenvalue weighted by molar-refractivity contribution is 5.95. The standard InChI is InChI=1S/C10H10N2O4.CH4/c13-9-5-11(6-9)10(14)7-1-3-8(4-2-7)12(15)16;/h1-4,9,13H,5-6H2;1H4. The average molecular weight is 238 g/mol. The zero-order valence-corrected chi connectivity index (χ0v) is 8.37.